The zero-order valence-corrected chi connectivity index (χ0v) is 20.4. The molecule has 176 valence electrons. The number of thiocarbonyl (C=S) groups is 1. The molecule has 1 aliphatic rings. The predicted octanol–water partition coefficient (Wildman–Crippen LogP) is 4.10. The number of hydrazine groups is 1. The number of piperidine rings is 1. The Morgan fingerprint density at radius 2 is 1.70 bits per heavy atom. The van der Waals surface area contributed by atoms with E-state index in [-0.39, 0.29) is 35.6 Å². The highest BCUT2D eigenvalue weighted by molar-refractivity contribution is 7.80. The Hall–Kier alpha value is -3.13. The molecule has 33 heavy (non-hydrogen) atoms. The Bertz CT molecular complexity index is 999. The highest BCUT2D eigenvalue weighted by Crippen LogP contribution is 2.23. The Morgan fingerprint density at radius 1 is 1.03 bits per heavy atom. The normalized spacial score (nSPS) is 17.8. The van der Waals surface area contributed by atoms with Crippen LogP contribution in [-0.4, -0.2) is 40.5 Å². The summed E-state index contributed by atoms with van der Waals surface area (Å²) < 4.78 is 5.67. The number of carbonyl (C=O) groups is 2. The third-order valence-electron chi connectivity index (χ3n) is 5.89. The van der Waals surface area contributed by atoms with E-state index in [9.17, 15) is 9.59 Å². The number of anilines is 1. The van der Waals surface area contributed by atoms with Crippen molar-refractivity contribution >= 4 is 34.8 Å². The van der Waals surface area contributed by atoms with E-state index in [1.54, 1.807) is 24.3 Å². The van der Waals surface area contributed by atoms with Gasteiger partial charge in [0.25, 0.3) is 11.8 Å². The number of nitrogens with zero attached hydrogens (tertiary/aromatic N) is 1. The van der Waals surface area contributed by atoms with E-state index >= 15 is 0 Å². The van der Waals surface area contributed by atoms with Crippen LogP contribution in [0.15, 0.2) is 42.5 Å². The smallest absolute Gasteiger partial charge is 0.269 e. The van der Waals surface area contributed by atoms with Crippen LogP contribution in [0.1, 0.15) is 54.6 Å². The number of hydrogen-bond donors (Lipinski definition) is 3. The second kappa shape index (κ2) is 11.1. The van der Waals surface area contributed by atoms with Crippen molar-refractivity contribution in [2.24, 2.45) is 0 Å². The number of carbonyl (C=O) groups excluding carboxylic acids is 2. The van der Waals surface area contributed by atoms with Gasteiger partial charge in [-0.05, 0) is 101 Å². The molecule has 2 atom stereocenters. The van der Waals surface area contributed by atoms with Crippen LogP contribution >= 0.6 is 12.2 Å². The molecule has 0 spiro atoms. The average molecular weight is 469 g/mol. The van der Waals surface area contributed by atoms with Crippen molar-refractivity contribution in [2.45, 2.75) is 59.0 Å². The minimum absolute atomic E-state index is 0.00872. The van der Waals surface area contributed by atoms with E-state index in [4.69, 9.17) is 17.0 Å². The third-order valence-corrected chi connectivity index (χ3v) is 6.10. The first-order valence-corrected chi connectivity index (χ1v) is 11.6. The van der Waals surface area contributed by atoms with Crippen LogP contribution in [-0.2, 0) is 4.79 Å². The summed E-state index contributed by atoms with van der Waals surface area (Å²) in [5.74, 6) is 0.196. The van der Waals surface area contributed by atoms with Gasteiger partial charge < -0.3 is 15.0 Å². The van der Waals surface area contributed by atoms with Crippen molar-refractivity contribution < 1.29 is 14.3 Å². The van der Waals surface area contributed by atoms with Crippen LogP contribution in [0.3, 0.4) is 0 Å². The summed E-state index contributed by atoms with van der Waals surface area (Å²) in [6.45, 7) is 8.13. The second-order valence-corrected chi connectivity index (χ2v) is 9.00. The topological polar surface area (TPSA) is 82.7 Å². The highest BCUT2D eigenvalue weighted by atomic mass is 32.1. The average Bonchev–Trinajstić information content (AvgIpc) is 2.78. The SMILES string of the molecule is Cc1ccc(C)c(NC(=S)NNC(=O)c2ccc(OCC(=O)N3[C@@H](C)CCC[C@@H]3C)cc2)c1. The van der Waals surface area contributed by atoms with Gasteiger partial charge >= 0.3 is 0 Å². The van der Waals surface area contributed by atoms with Crippen molar-refractivity contribution in [3.8, 4) is 5.75 Å². The molecule has 3 N–H and O–H groups in total. The number of ether oxygens (including phenoxy) is 1. The maximum atomic E-state index is 12.6. The molecule has 7 nitrogen and oxygen atoms in total. The lowest BCUT2D eigenvalue weighted by molar-refractivity contribution is -0.139. The summed E-state index contributed by atoms with van der Waals surface area (Å²) in [6, 6.07) is 13.1. The lowest BCUT2D eigenvalue weighted by atomic mass is 9.97. The van der Waals surface area contributed by atoms with Crippen LogP contribution in [0.4, 0.5) is 5.69 Å². The summed E-state index contributed by atoms with van der Waals surface area (Å²) in [4.78, 5) is 26.9. The van der Waals surface area contributed by atoms with Gasteiger partial charge in [-0.3, -0.25) is 20.4 Å². The van der Waals surface area contributed by atoms with Gasteiger partial charge in [-0.1, -0.05) is 12.1 Å². The summed E-state index contributed by atoms with van der Waals surface area (Å²) in [5.41, 5.74) is 8.78. The highest BCUT2D eigenvalue weighted by Gasteiger charge is 2.28. The van der Waals surface area contributed by atoms with Gasteiger partial charge in [0, 0.05) is 23.3 Å². The molecule has 0 radical (unpaired) electrons. The van der Waals surface area contributed by atoms with E-state index in [2.05, 4.69) is 30.0 Å². The molecule has 8 heteroatoms. The Balaban J connectivity index is 1.47. The van der Waals surface area contributed by atoms with Gasteiger partial charge in [0.05, 0.1) is 0 Å². The van der Waals surface area contributed by atoms with Crippen molar-refractivity contribution in [1.82, 2.24) is 15.8 Å². The molecule has 1 saturated heterocycles. The molecule has 0 unspecified atom stereocenters. The Labute approximate surface area is 200 Å². The van der Waals surface area contributed by atoms with E-state index < -0.39 is 0 Å². The standard InChI is InChI=1S/C25H32N4O3S/c1-16-8-9-17(2)22(14-16)26-25(33)28-27-24(31)20-10-12-21(13-11-20)32-15-23(30)29-18(3)6-5-7-19(29)4/h8-14,18-19H,5-7,15H2,1-4H3,(H,27,31)(H2,26,28,33)/t18-,19-/m0/s1. The number of nitrogens with one attached hydrogen (secondary N) is 3. The van der Waals surface area contributed by atoms with Crippen molar-refractivity contribution in [3.05, 3.63) is 59.2 Å². The van der Waals surface area contributed by atoms with Crippen LogP contribution in [0.5, 0.6) is 5.75 Å². The molecular formula is C25H32N4O3S. The number of benzene rings is 2. The molecule has 0 saturated carbocycles. The Morgan fingerprint density at radius 3 is 2.36 bits per heavy atom. The molecule has 1 aliphatic heterocycles. The van der Waals surface area contributed by atoms with Gasteiger partial charge in [-0.2, -0.15) is 0 Å². The summed E-state index contributed by atoms with van der Waals surface area (Å²) in [6.07, 6.45) is 3.20. The number of likely N-dealkylation sites (tertiary alicyclic amines) is 1. The first-order valence-electron chi connectivity index (χ1n) is 11.2. The molecule has 2 amide bonds. The number of rotatable bonds is 5. The fraction of sp³-hybridized carbons (Fsp3) is 0.400. The van der Waals surface area contributed by atoms with Crippen LogP contribution < -0.4 is 20.9 Å². The van der Waals surface area contributed by atoms with Gasteiger partial charge in [0.15, 0.2) is 11.7 Å². The first kappa shape index (κ1) is 24.5. The van der Waals surface area contributed by atoms with Crippen LogP contribution in [0.2, 0.25) is 0 Å². The van der Waals surface area contributed by atoms with Crippen molar-refractivity contribution in [3.63, 3.8) is 0 Å². The first-order chi connectivity index (χ1) is 15.7. The molecule has 3 rings (SSSR count). The minimum Gasteiger partial charge on any atom is -0.484 e. The molecule has 2 aromatic carbocycles. The molecule has 2 aromatic rings. The third kappa shape index (κ3) is 6.68. The summed E-state index contributed by atoms with van der Waals surface area (Å²) >= 11 is 5.26. The van der Waals surface area contributed by atoms with E-state index in [0.29, 0.717) is 11.3 Å². The number of aryl methyl sites for hydroxylation is 2. The van der Waals surface area contributed by atoms with Gasteiger partial charge in [-0.15, -0.1) is 0 Å². The maximum Gasteiger partial charge on any atom is 0.269 e. The van der Waals surface area contributed by atoms with Gasteiger partial charge in [0.1, 0.15) is 5.75 Å². The van der Waals surface area contributed by atoms with Crippen molar-refractivity contribution in [1.29, 1.82) is 0 Å². The van der Waals surface area contributed by atoms with E-state index in [1.807, 2.05) is 36.9 Å². The molecule has 0 bridgehead atoms. The zero-order valence-electron chi connectivity index (χ0n) is 19.6. The van der Waals surface area contributed by atoms with Gasteiger partial charge in [0.2, 0.25) is 0 Å². The largest absolute Gasteiger partial charge is 0.484 e. The quantitative estimate of drug-likeness (QED) is 0.453. The van der Waals surface area contributed by atoms with Gasteiger partial charge in [-0.25, -0.2) is 0 Å². The molecule has 1 fully saturated rings. The van der Waals surface area contributed by atoms with Crippen LogP contribution in [0, 0.1) is 13.8 Å². The lowest BCUT2D eigenvalue weighted by Gasteiger charge is -2.38. The number of hydrogen-bond acceptors (Lipinski definition) is 4. The fourth-order valence-corrected chi connectivity index (χ4v) is 4.21. The summed E-state index contributed by atoms with van der Waals surface area (Å²) in [5, 5.41) is 3.37. The van der Waals surface area contributed by atoms with E-state index in [1.165, 1.54) is 0 Å². The zero-order chi connectivity index (χ0) is 24.0. The molecular weight excluding hydrogens is 436 g/mol. The fourth-order valence-electron chi connectivity index (χ4n) is 4.04. The molecule has 0 aromatic heterocycles. The molecule has 0 aliphatic carbocycles. The van der Waals surface area contributed by atoms with Crippen molar-refractivity contribution in [2.75, 3.05) is 11.9 Å². The number of amides is 2. The minimum atomic E-state index is -0.335. The maximum absolute atomic E-state index is 12.6. The Kier molecular flexibility index (Phi) is 8.27. The van der Waals surface area contributed by atoms with Crippen LogP contribution in [0.25, 0.3) is 0 Å². The van der Waals surface area contributed by atoms with E-state index in [0.717, 1.165) is 36.1 Å². The molecule has 1 heterocycles. The predicted molar refractivity (Wildman–Crippen MR) is 134 cm³/mol. The summed E-state index contributed by atoms with van der Waals surface area (Å²) in [7, 11) is 0. The lowest BCUT2D eigenvalue weighted by Crippen LogP contribution is -2.49. The second-order valence-electron chi connectivity index (χ2n) is 8.59. The monoisotopic (exact) mass is 468 g/mol.